The fraction of sp³-hybridized carbons (Fsp3) is 0. The van der Waals surface area contributed by atoms with E-state index in [1.54, 1.807) is 0 Å². The van der Waals surface area contributed by atoms with Crippen molar-refractivity contribution < 1.29 is 0 Å². The van der Waals surface area contributed by atoms with E-state index < -0.39 is 0 Å². The van der Waals surface area contributed by atoms with Crippen molar-refractivity contribution in [3.8, 4) is 11.1 Å². The number of nitrogens with zero attached hydrogens (tertiary/aromatic N) is 1. The summed E-state index contributed by atoms with van der Waals surface area (Å²) in [4.78, 5) is 2.45. The van der Waals surface area contributed by atoms with E-state index in [1.807, 2.05) is 22.7 Å². The Morgan fingerprint density at radius 1 is 0.372 bits per heavy atom. The van der Waals surface area contributed by atoms with Crippen LogP contribution in [0.15, 0.2) is 152 Å². The molecule has 0 amide bonds. The first kappa shape index (κ1) is 24.6. The van der Waals surface area contributed by atoms with Gasteiger partial charge in [0.05, 0.1) is 10.4 Å². The Balaban J connectivity index is 1.28. The van der Waals surface area contributed by atoms with E-state index in [4.69, 9.17) is 0 Å². The van der Waals surface area contributed by atoms with Gasteiger partial charge in [-0.1, -0.05) is 103 Å². The minimum absolute atomic E-state index is 1.15. The number of hydrogen-bond acceptors (Lipinski definition) is 3. The van der Waals surface area contributed by atoms with Crippen LogP contribution in [0.5, 0.6) is 0 Å². The van der Waals surface area contributed by atoms with Crippen LogP contribution in [-0.4, -0.2) is 0 Å². The smallest absolute Gasteiger partial charge is 0.0640 e. The molecule has 0 saturated heterocycles. The average Bonchev–Trinajstić information content (AvgIpc) is 3.63. The van der Waals surface area contributed by atoms with Crippen LogP contribution in [0.25, 0.3) is 62.2 Å². The quantitative estimate of drug-likeness (QED) is 0.199. The molecule has 43 heavy (non-hydrogen) atoms. The third-order valence-electron chi connectivity index (χ3n) is 8.43. The lowest BCUT2D eigenvalue weighted by molar-refractivity contribution is 1.31. The van der Waals surface area contributed by atoms with E-state index in [9.17, 15) is 0 Å². The predicted octanol–water partition coefficient (Wildman–Crippen LogP) is 12.7. The van der Waals surface area contributed by atoms with Crippen LogP contribution in [0, 0.1) is 0 Å². The SMILES string of the molecule is c1cc(-c2ccc3ccccc3c2)cc(N(c2ccc3c(c2)sc2ccccc23)c2cccc3c2sc2ccccc23)c1. The normalized spacial score (nSPS) is 11.7. The Kier molecular flexibility index (Phi) is 5.62. The molecule has 0 unspecified atom stereocenters. The van der Waals surface area contributed by atoms with E-state index in [1.165, 1.54) is 73.6 Å². The van der Waals surface area contributed by atoms with Crippen molar-refractivity contribution in [1.29, 1.82) is 0 Å². The van der Waals surface area contributed by atoms with Crippen LogP contribution in [0.3, 0.4) is 0 Å². The summed E-state index contributed by atoms with van der Waals surface area (Å²) in [6.07, 6.45) is 0. The highest BCUT2D eigenvalue weighted by Gasteiger charge is 2.19. The second kappa shape index (κ2) is 9.81. The summed E-state index contributed by atoms with van der Waals surface area (Å²) < 4.78 is 5.25. The maximum Gasteiger partial charge on any atom is 0.0640 e. The minimum Gasteiger partial charge on any atom is -0.309 e. The average molecular weight is 584 g/mol. The van der Waals surface area contributed by atoms with Crippen LogP contribution in [0.2, 0.25) is 0 Å². The van der Waals surface area contributed by atoms with Crippen molar-refractivity contribution in [3.05, 3.63) is 152 Å². The molecule has 9 aromatic rings. The highest BCUT2D eigenvalue weighted by molar-refractivity contribution is 7.26. The molecule has 2 heterocycles. The van der Waals surface area contributed by atoms with E-state index >= 15 is 0 Å². The first-order valence-electron chi connectivity index (χ1n) is 14.5. The maximum atomic E-state index is 2.45. The summed E-state index contributed by atoms with van der Waals surface area (Å²) >= 11 is 3.74. The molecule has 0 spiro atoms. The largest absolute Gasteiger partial charge is 0.309 e. The molecule has 0 N–H and O–H groups in total. The van der Waals surface area contributed by atoms with E-state index in [-0.39, 0.29) is 0 Å². The Hall–Kier alpha value is -4.96. The number of anilines is 3. The lowest BCUT2D eigenvalue weighted by atomic mass is 10.0. The second-order valence-electron chi connectivity index (χ2n) is 11.0. The van der Waals surface area contributed by atoms with Crippen LogP contribution >= 0.6 is 22.7 Å². The van der Waals surface area contributed by atoms with E-state index in [2.05, 4.69) is 157 Å². The van der Waals surface area contributed by atoms with Crippen LogP contribution < -0.4 is 4.90 Å². The van der Waals surface area contributed by atoms with Gasteiger partial charge < -0.3 is 4.90 Å². The van der Waals surface area contributed by atoms with Gasteiger partial charge in [0, 0.05) is 47.0 Å². The molecule has 7 aromatic carbocycles. The second-order valence-corrected chi connectivity index (χ2v) is 13.1. The number of benzene rings is 7. The Morgan fingerprint density at radius 3 is 1.91 bits per heavy atom. The molecule has 202 valence electrons. The molecule has 0 saturated carbocycles. The highest BCUT2D eigenvalue weighted by Crippen LogP contribution is 2.46. The first-order chi connectivity index (χ1) is 21.3. The first-order valence-corrected chi connectivity index (χ1v) is 16.1. The zero-order chi connectivity index (χ0) is 28.3. The standard InChI is InChI=1S/C40H25NS2/c1-2-10-27-23-29(20-19-26(27)9-1)28-11-7-12-30(24-28)41(31-21-22-34-32-13-3-5-17-37(32)42-39(34)25-31)36-16-8-15-35-33-14-4-6-18-38(33)43-40(35)36/h1-25H. The molecule has 9 rings (SSSR count). The monoisotopic (exact) mass is 583 g/mol. The number of hydrogen-bond donors (Lipinski definition) is 0. The van der Waals surface area contributed by atoms with Gasteiger partial charge in [0.2, 0.25) is 0 Å². The molecule has 2 aromatic heterocycles. The summed E-state index contributed by atoms with van der Waals surface area (Å²) in [7, 11) is 0. The molecule has 3 heteroatoms. The topological polar surface area (TPSA) is 3.24 Å². The molecular formula is C40H25NS2. The van der Waals surface area contributed by atoms with Crippen molar-refractivity contribution in [2.75, 3.05) is 4.90 Å². The molecule has 0 aliphatic carbocycles. The Morgan fingerprint density at radius 2 is 1.02 bits per heavy atom. The van der Waals surface area contributed by atoms with Gasteiger partial charge in [-0.25, -0.2) is 0 Å². The van der Waals surface area contributed by atoms with E-state index in [0.717, 1.165) is 5.69 Å². The Labute approximate surface area is 257 Å². The summed E-state index contributed by atoms with van der Waals surface area (Å²) in [6.45, 7) is 0. The maximum absolute atomic E-state index is 2.45. The molecule has 0 atom stereocenters. The van der Waals surface area contributed by atoms with Crippen LogP contribution in [-0.2, 0) is 0 Å². The van der Waals surface area contributed by atoms with Crippen LogP contribution in [0.4, 0.5) is 17.1 Å². The fourth-order valence-corrected chi connectivity index (χ4v) is 8.73. The third kappa shape index (κ3) is 4.04. The summed E-state index contributed by atoms with van der Waals surface area (Å²) in [5.74, 6) is 0. The van der Waals surface area contributed by atoms with Gasteiger partial charge in [0.25, 0.3) is 0 Å². The summed E-state index contributed by atoms with van der Waals surface area (Å²) in [5.41, 5.74) is 5.95. The molecule has 0 aliphatic rings. The van der Waals surface area contributed by atoms with Crippen molar-refractivity contribution in [1.82, 2.24) is 0 Å². The van der Waals surface area contributed by atoms with Crippen molar-refractivity contribution >= 4 is 90.9 Å². The van der Waals surface area contributed by atoms with Crippen molar-refractivity contribution in [2.45, 2.75) is 0 Å². The van der Waals surface area contributed by atoms with Crippen LogP contribution in [0.1, 0.15) is 0 Å². The molecular weight excluding hydrogens is 559 g/mol. The number of rotatable bonds is 4. The molecule has 0 bridgehead atoms. The molecule has 0 fully saturated rings. The van der Waals surface area contributed by atoms with Gasteiger partial charge >= 0.3 is 0 Å². The lowest BCUT2D eigenvalue weighted by Gasteiger charge is -2.26. The predicted molar refractivity (Wildman–Crippen MR) is 190 cm³/mol. The van der Waals surface area contributed by atoms with Gasteiger partial charge in [-0.15, -0.1) is 22.7 Å². The van der Waals surface area contributed by atoms with Gasteiger partial charge in [-0.3, -0.25) is 0 Å². The minimum atomic E-state index is 1.15. The highest BCUT2D eigenvalue weighted by atomic mass is 32.1. The Bertz CT molecular complexity index is 2480. The summed E-state index contributed by atoms with van der Waals surface area (Å²) in [6, 6.07) is 55.5. The van der Waals surface area contributed by atoms with Gasteiger partial charge in [0.15, 0.2) is 0 Å². The van der Waals surface area contributed by atoms with Gasteiger partial charge in [-0.05, 0) is 70.4 Å². The third-order valence-corrected chi connectivity index (χ3v) is 10.8. The van der Waals surface area contributed by atoms with E-state index in [0.29, 0.717) is 0 Å². The molecule has 0 aliphatic heterocycles. The summed E-state index contributed by atoms with van der Waals surface area (Å²) in [5, 5.41) is 7.77. The zero-order valence-electron chi connectivity index (χ0n) is 23.2. The fourth-order valence-electron chi connectivity index (χ4n) is 6.38. The molecule has 1 nitrogen and oxygen atoms in total. The van der Waals surface area contributed by atoms with Gasteiger partial charge in [0.1, 0.15) is 0 Å². The zero-order valence-corrected chi connectivity index (χ0v) is 24.8. The van der Waals surface area contributed by atoms with Crippen molar-refractivity contribution in [3.63, 3.8) is 0 Å². The lowest BCUT2D eigenvalue weighted by Crippen LogP contribution is -2.10. The molecule has 0 radical (unpaired) electrons. The number of fused-ring (bicyclic) bond motifs is 7. The van der Waals surface area contributed by atoms with Gasteiger partial charge in [-0.2, -0.15) is 0 Å². The van der Waals surface area contributed by atoms with Crippen molar-refractivity contribution in [2.24, 2.45) is 0 Å². The number of thiophene rings is 2.